The minimum atomic E-state index is 0.0769. The van der Waals surface area contributed by atoms with Crippen LogP contribution in [0.5, 0.6) is 5.88 Å². The number of hydrogen-bond acceptors (Lipinski definition) is 6. The van der Waals surface area contributed by atoms with Gasteiger partial charge in [0.2, 0.25) is 17.7 Å². The SMILES string of the molecule is COc1cc(C)nc(N2CCN(C(=O)[C@H]3C[C@@H]3c3ccco3)CC2)n1. The van der Waals surface area contributed by atoms with Crippen LogP contribution in [0.1, 0.15) is 23.8 Å². The lowest BCUT2D eigenvalue weighted by Gasteiger charge is -2.35. The van der Waals surface area contributed by atoms with Crippen molar-refractivity contribution < 1.29 is 13.9 Å². The molecule has 1 saturated carbocycles. The molecule has 2 aromatic heterocycles. The van der Waals surface area contributed by atoms with E-state index in [0.717, 1.165) is 31.0 Å². The molecule has 1 aliphatic carbocycles. The Balaban J connectivity index is 1.36. The molecule has 0 radical (unpaired) electrons. The van der Waals surface area contributed by atoms with Gasteiger partial charge in [0, 0.05) is 49.8 Å². The largest absolute Gasteiger partial charge is 0.481 e. The van der Waals surface area contributed by atoms with Gasteiger partial charge in [0.15, 0.2) is 0 Å². The molecule has 1 saturated heterocycles. The Bertz CT molecular complexity index is 754. The first-order valence-electron chi connectivity index (χ1n) is 8.62. The molecule has 3 heterocycles. The zero-order chi connectivity index (χ0) is 17.4. The van der Waals surface area contributed by atoms with Crippen molar-refractivity contribution in [1.29, 1.82) is 0 Å². The average molecular weight is 342 g/mol. The molecule has 1 amide bonds. The minimum absolute atomic E-state index is 0.0769. The van der Waals surface area contributed by atoms with Gasteiger partial charge in [-0.25, -0.2) is 4.98 Å². The Labute approximate surface area is 146 Å². The molecule has 2 aliphatic rings. The van der Waals surface area contributed by atoms with Crippen LogP contribution < -0.4 is 9.64 Å². The topological polar surface area (TPSA) is 71.7 Å². The fourth-order valence-electron chi connectivity index (χ4n) is 3.42. The maximum atomic E-state index is 12.7. The monoisotopic (exact) mass is 342 g/mol. The quantitative estimate of drug-likeness (QED) is 0.844. The number of ether oxygens (including phenoxy) is 1. The third-order valence-electron chi connectivity index (χ3n) is 4.92. The van der Waals surface area contributed by atoms with E-state index in [1.807, 2.05) is 30.0 Å². The van der Waals surface area contributed by atoms with Gasteiger partial charge in [-0.05, 0) is 25.5 Å². The van der Waals surface area contributed by atoms with Crippen LogP contribution in [0.4, 0.5) is 5.95 Å². The summed E-state index contributed by atoms with van der Waals surface area (Å²) in [5, 5.41) is 0. The molecule has 132 valence electrons. The van der Waals surface area contributed by atoms with Gasteiger partial charge in [-0.2, -0.15) is 4.98 Å². The number of hydrogen-bond donors (Lipinski definition) is 0. The Hall–Kier alpha value is -2.57. The Morgan fingerprint density at radius 1 is 1.28 bits per heavy atom. The molecule has 0 bridgehead atoms. The lowest BCUT2D eigenvalue weighted by atomic mass is 10.2. The summed E-state index contributed by atoms with van der Waals surface area (Å²) in [5.41, 5.74) is 0.875. The smallest absolute Gasteiger partial charge is 0.228 e. The first-order chi connectivity index (χ1) is 12.2. The molecule has 2 atom stereocenters. The van der Waals surface area contributed by atoms with Crippen LogP contribution >= 0.6 is 0 Å². The molecule has 25 heavy (non-hydrogen) atoms. The van der Waals surface area contributed by atoms with Crippen molar-refractivity contribution in [3.05, 3.63) is 35.9 Å². The van der Waals surface area contributed by atoms with Gasteiger partial charge in [-0.1, -0.05) is 0 Å². The highest BCUT2D eigenvalue weighted by atomic mass is 16.5. The normalized spacial score (nSPS) is 22.8. The van der Waals surface area contributed by atoms with E-state index in [0.29, 0.717) is 24.9 Å². The number of methoxy groups -OCH3 is 1. The lowest BCUT2D eigenvalue weighted by Crippen LogP contribution is -2.49. The number of amides is 1. The van der Waals surface area contributed by atoms with Gasteiger partial charge >= 0.3 is 0 Å². The van der Waals surface area contributed by atoms with Crippen molar-refractivity contribution >= 4 is 11.9 Å². The summed E-state index contributed by atoms with van der Waals surface area (Å²) in [4.78, 5) is 25.6. The van der Waals surface area contributed by atoms with Crippen LogP contribution in [0.15, 0.2) is 28.9 Å². The summed E-state index contributed by atoms with van der Waals surface area (Å²) in [6.07, 6.45) is 2.56. The van der Waals surface area contributed by atoms with E-state index >= 15 is 0 Å². The highest BCUT2D eigenvalue weighted by Crippen LogP contribution is 2.48. The molecule has 0 N–H and O–H groups in total. The van der Waals surface area contributed by atoms with Crippen molar-refractivity contribution in [1.82, 2.24) is 14.9 Å². The summed E-state index contributed by atoms with van der Waals surface area (Å²) < 4.78 is 10.6. The van der Waals surface area contributed by atoms with Crippen molar-refractivity contribution in [3.63, 3.8) is 0 Å². The second-order valence-corrected chi connectivity index (χ2v) is 6.63. The zero-order valence-electron chi connectivity index (χ0n) is 14.5. The van der Waals surface area contributed by atoms with Crippen LogP contribution in [-0.4, -0.2) is 54.1 Å². The van der Waals surface area contributed by atoms with Crippen LogP contribution in [0.2, 0.25) is 0 Å². The van der Waals surface area contributed by atoms with Gasteiger partial charge in [-0.15, -0.1) is 0 Å². The molecule has 0 spiro atoms. The highest BCUT2D eigenvalue weighted by molar-refractivity contribution is 5.83. The first kappa shape index (κ1) is 15.9. The number of anilines is 1. The molecule has 7 heteroatoms. The number of furan rings is 1. The Morgan fingerprint density at radius 3 is 2.76 bits per heavy atom. The number of rotatable bonds is 4. The molecular weight excluding hydrogens is 320 g/mol. The van der Waals surface area contributed by atoms with Gasteiger partial charge in [0.1, 0.15) is 5.76 Å². The summed E-state index contributed by atoms with van der Waals surface area (Å²) in [6, 6.07) is 5.65. The van der Waals surface area contributed by atoms with Crippen LogP contribution in [0, 0.1) is 12.8 Å². The van der Waals surface area contributed by atoms with E-state index in [4.69, 9.17) is 9.15 Å². The number of piperazine rings is 1. The van der Waals surface area contributed by atoms with Crippen LogP contribution in [0.3, 0.4) is 0 Å². The standard InChI is InChI=1S/C18H22N4O3/c1-12-10-16(24-2)20-18(19-12)22-7-5-21(6-8-22)17(23)14-11-13(14)15-4-3-9-25-15/h3-4,9-10,13-14H,5-8,11H2,1-2H3/t13-,14-/m0/s1. The Kier molecular flexibility index (Phi) is 4.07. The van der Waals surface area contributed by atoms with E-state index in [-0.39, 0.29) is 17.7 Å². The van der Waals surface area contributed by atoms with Gasteiger partial charge in [0.25, 0.3) is 0 Å². The molecular formula is C18H22N4O3. The summed E-state index contributed by atoms with van der Waals surface area (Å²) in [6.45, 7) is 4.78. The predicted molar refractivity (Wildman–Crippen MR) is 91.7 cm³/mol. The summed E-state index contributed by atoms with van der Waals surface area (Å²) >= 11 is 0. The number of carbonyl (C=O) groups is 1. The molecule has 7 nitrogen and oxygen atoms in total. The van der Waals surface area contributed by atoms with Crippen LogP contribution in [-0.2, 0) is 4.79 Å². The fraction of sp³-hybridized carbons (Fsp3) is 0.500. The van der Waals surface area contributed by atoms with Crippen molar-refractivity contribution in [2.75, 3.05) is 38.2 Å². The molecule has 1 aliphatic heterocycles. The van der Waals surface area contributed by atoms with Gasteiger partial charge in [-0.3, -0.25) is 4.79 Å². The third kappa shape index (κ3) is 3.18. The van der Waals surface area contributed by atoms with Crippen LogP contribution in [0.25, 0.3) is 0 Å². The highest BCUT2D eigenvalue weighted by Gasteiger charge is 2.47. The van der Waals surface area contributed by atoms with Crippen molar-refractivity contribution in [3.8, 4) is 5.88 Å². The number of aryl methyl sites for hydroxylation is 1. The molecule has 0 aromatic carbocycles. The third-order valence-corrected chi connectivity index (χ3v) is 4.92. The van der Waals surface area contributed by atoms with E-state index in [1.54, 1.807) is 13.4 Å². The van der Waals surface area contributed by atoms with E-state index in [2.05, 4.69) is 14.9 Å². The molecule has 0 unspecified atom stereocenters. The van der Waals surface area contributed by atoms with Crippen molar-refractivity contribution in [2.45, 2.75) is 19.3 Å². The van der Waals surface area contributed by atoms with E-state index in [9.17, 15) is 4.79 Å². The number of nitrogens with zero attached hydrogens (tertiary/aromatic N) is 4. The maximum Gasteiger partial charge on any atom is 0.228 e. The molecule has 2 fully saturated rings. The lowest BCUT2D eigenvalue weighted by molar-refractivity contribution is -0.133. The second-order valence-electron chi connectivity index (χ2n) is 6.63. The van der Waals surface area contributed by atoms with E-state index in [1.165, 1.54) is 0 Å². The number of carbonyl (C=O) groups excluding carboxylic acids is 1. The zero-order valence-corrected chi connectivity index (χ0v) is 14.5. The maximum absolute atomic E-state index is 12.7. The second kappa shape index (κ2) is 6.38. The summed E-state index contributed by atoms with van der Waals surface area (Å²) in [7, 11) is 1.60. The molecule has 4 rings (SSSR count). The number of aromatic nitrogens is 2. The van der Waals surface area contributed by atoms with E-state index < -0.39 is 0 Å². The Morgan fingerprint density at radius 2 is 2.08 bits per heavy atom. The van der Waals surface area contributed by atoms with Gasteiger partial charge < -0.3 is 19.0 Å². The first-order valence-corrected chi connectivity index (χ1v) is 8.62. The van der Waals surface area contributed by atoms with Gasteiger partial charge in [0.05, 0.1) is 13.4 Å². The average Bonchev–Trinajstić information content (AvgIpc) is 3.25. The predicted octanol–water partition coefficient (Wildman–Crippen LogP) is 1.84. The fourth-order valence-corrected chi connectivity index (χ4v) is 3.42. The van der Waals surface area contributed by atoms with Crippen molar-refractivity contribution in [2.24, 2.45) is 5.92 Å². The molecule has 2 aromatic rings. The minimum Gasteiger partial charge on any atom is -0.481 e. The summed E-state index contributed by atoms with van der Waals surface area (Å²) in [5.74, 6) is 2.74.